The first-order valence-corrected chi connectivity index (χ1v) is 7.30. The number of nitro groups is 1. The van der Waals surface area contributed by atoms with Gasteiger partial charge in [0, 0.05) is 23.2 Å². The molecule has 0 aromatic heterocycles. The van der Waals surface area contributed by atoms with Crippen molar-refractivity contribution in [2.24, 2.45) is 5.92 Å². The number of rotatable bonds is 5. The highest BCUT2D eigenvalue weighted by atomic mass is 79.9. The molecule has 0 aliphatic carbocycles. The van der Waals surface area contributed by atoms with E-state index in [4.69, 9.17) is 0 Å². The second-order valence-corrected chi connectivity index (χ2v) is 5.68. The zero-order chi connectivity index (χ0) is 14.5. The molecule has 1 heterocycles. The monoisotopic (exact) mass is 341 g/mol. The van der Waals surface area contributed by atoms with Crippen LogP contribution >= 0.6 is 15.9 Å². The summed E-state index contributed by atoms with van der Waals surface area (Å²) in [6, 6.07) is 4.14. The van der Waals surface area contributed by atoms with Crippen LogP contribution in [0.4, 0.5) is 5.69 Å². The Morgan fingerprint density at radius 1 is 1.55 bits per heavy atom. The lowest BCUT2D eigenvalue weighted by atomic mass is 10.1. The van der Waals surface area contributed by atoms with Crippen LogP contribution in [0.1, 0.15) is 23.2 Å². The van der Waals surface area contributed by atoms with Crippen molar-refractivity contribution < 1.29 is 9.72 Å². The van der Waals surface area contributed by atoms with Crippen molar-refractivity contribution in [2.75, 3.05) is 19.6 Å². The fourth-order valence-corrected chi connectivity index (χ4v) is 2.79. The zero-order valence-electron chi connectivity index (χ0n) is 10.9. The maximum atomic E-state index is 12.0. The quantitative estimate of drug-likeness (QED) is 0.634. The van der Waals surface area contributed by atoms with Crippen molar-refractivity contribution in [3.8, 4) is 0 Å². The van der Waals surface area contributed by atoms with Gasteiger partial charge in [-0.05, 0) is 53.8 Å². The van der Waals surface area contributed by atoms with Crippen LogP contribution in [0.5, 0.6) is 0 Å². The molecule has 1 unspecified atom stereocenters. The molecule has 0 radical (unpaired) electrons. The van der Waals surface area contributed by atoms with Crippen LogP contribution in [0.25, 0.3) is 0 Å². The average molecular weight is 342 g/mol. The van der Waals surface area contributed by atoms with Gasteiger partial charge in [-0.1, -0.05) is 0 Å². The number of hydrogen-bond acceptors (Lipinski definition) is 4. The molecule has 1 aliphatic rings. The van der Waals surface area contributed by atoms with Crippen molar-refractivity contribution in [1.29, 1.82) is 0 Å². The van der Waals surface area contributed by atoms with Crippen LogP contribution in [-0.4, -0.2) is 30.5 Å². The van der Waals surface area contributed by atoms with E-state index < -0.39 is 4.92 Å². The van der Waals surface area contributed by atoms with Gasteiger partial charge < -0.3 is 10.6 Å². The van der Waals surface area contributed by atoms with E-state index in [1.807, 2.05) is 0 Å². The number of halogens is 1. The van der Waals surface area contributed by atoms with Crippen molar-refractivity contribution >= 4 is 27.5 Å². The molecule has 1 amide bonds. The van der Waals surface area contributed by atoms with E-state index in [-0.39, 0.29) is 11.6 Å². The van der Waals surface area contributed by atoms with Crippen molar-refractivity contribution in [3.05, 3.63) is 38.3 Å². The molecule has 6 nitrogen and oxygen atoms in total. The maximum Gasteiger partial charge on any atom is 0.270 e. The lowest BCUT2D eigenvalue weighted by molar-refractivity contribution is -0.384. The molecule has 1 atom stereocenters. The molecule has 108 valence electrons. The number of hydrogen-bond donors (Lipinski definition) is 2. The fraction of sp³-hybridized carbons (Fsp3) is 0.462. The number of carbonyl (C=O) groups excluding carboxylic acids is 1. The number of non-ortho nitro benzene ring substituents is 1. The van der Waals surface area contributed by atoms with Crippen LogP contribution in [0.2, 0.25) is 0 Å². The Kier molecular flexibility index (Phi) is 5.08. The Morgan fingerprint density at radius 2 is 2.35 bits per heavy atom. The van der Waals surface area contributed by atoms with Crippen LogP contribution in [0.15, 0.2) is 22.7 Å². The standard InChI is InChI=1S/C13H16BrN3O3/c14-12-7-10(17(19)20)1-2-11(12)13(18)16-6-4-9-3-5-15-8-9/h1-2,7,9,15H,3-6,8H2,(H,16,18). The second kappa shape index (κ2) is 6.81. The first-order chi connectivity index (χ1) is 9.58. The predicted molar refractivity (Wildman–Crippen MR) is 78.7 cm³/mol. The smallest absolute Gasteiger partial charge is 0.270 e. The average Bonchev–Trinajstić information content (AvgIpc) is 2.91. The molecule has 2 rings (SSSR count). The van der Waals surface area contributed by atoms with Gasteiger partial charge in [0.05, 0.1) is 10.5 Å². The van der Waals surface area contributed by atoms with E-state index >= 15 is 0 Å². The highest BCUT2D eigenvalue weighted by Crippen LogP contribution is 2.23. The first kappa shape index (κ1) is 14.9. The Balaban J connectivity index is 1.89. The van der Waals surface area contributed by atoms with E-state index in [1.165, 1.54) is 18.2 Å². The summed E-state index contributed by atoms with van der Waals surface area (Å²) < 4.78 is 0.437. The van der Waals surface area contributed by atoms with Gasteiger partial charge in [0.1, 0.15) is 0 Å². The highest BCUT2D eigenvalue weighted by molar-refractivity contribution is 9.10. The van der Waals surface area contributed by atoms with Crippen LogP contribution in [0, 0.1) is 16.0 Å². The predicted octanol–water partition coefficient (Wildman–Crippen LogP) is 2.09. The molecule has 1 fully saturated rings. The molecule has 2 N–H and O–H groups in total. The Labute approximate surface area is 125 Å². The molecule has 1 aromatic carbocycles. The summed E-state index contributed by atoms with van der Waals surface area (Å²) >= 11 is 3.20. The molecule has 0 spiro atoms. The van der Waals surface area contributed by atoms with E-state index in [0.29, 0.717) is 22.5 Å². The lowest BCUT2D eigenvalue weighted by Gasteiger charge is -2.10. The summed E-state index contributed by atoms with van der Waals surface area (Å²) in [7, 11) is 0. The Bertz CT molecular complexity index is 516. The van der Waals surface area contributed by atoms with Gasteiger partial charge >= 0.3 is 0 Å². The highest BCUT2D eigenvalue weighted by Gasteiger charge is 2.16. The fourth-order valence-electron chi connectivity index (χ4n) is 2.25. The first-order valence-electron chi connectivity index (χ1n) is 6.51. The number of benzene rings is 1. The van der Waals surface area contributed by atoms with E-state index in [0.717, 1.165) is 25.9 Å². The molecule has 1 aromatic rings. The lowest BCUT2D eigenvalue weighted by Crippen LogP contribution is -2.26. The van der Waals surface area contributed by atoms with Gasteiger partial charge in [-0.2, -0.15) is 0 Å². The number of nitrogens with one attached hydrogen (secondary N) is 2. The minimum absolute atomic E-state index is 0.0366. The van der Waals surface area contributed by atoms with Crippen molar-refractivity contribution in [3.63, 3.8) is 0 Å². The third kappa shape index (κ3) is 3.77. The van der Waals surface area contributed by atoms with Crippen LogP contribution in [0.3, 0.4) is 0 Å². The minimum atomic E-state index is -0.487. The second-order valence-electron chi connectivity index (χ2n) is 4.82. The summed E-state index contributed by atoms with van der Waals surface area (Å²) in [6.07, 6.45) is 2.10. The number of amides is 1. The minimum Gasteiger partial charge on any atom is -0.352 e. The van der Waals surface area contributed by atoms with Crippen molar-refractivity contribution in [1.82, 2.24) is 10.6 Å². The Morgan fingerprint density at radius 3 is 2.95 bits per heavy atom. The van der Waals surface area contributed by atoms with Gasteiger partial charge in [0.15, 0.2) is 0 Å². The molecule has 0 saturated carbocycles. The SMILES string of the molecule is O=C(NCCC1CCNC1)c1ccc([N+](=O)[O-])cc1Br. The van der Waals surface area contributed by atoms with E-state index in [9.17, 15) is 14.9 Å². The molecule has 20 heavy (non-hydrogen) atoms. The maximum absolute atomic E-state index is 12.0. The van der Waals surface area contributed by atoms with Gasteiger partial charge in [0.2, 0.25) is 0 Å². The summed E-state index contributed by atoms with van der Waals surface area (Å²) in [5.74, 6) is 0.410. The topological polar surface area (TPSA) is 84.3 Å². The van der Waals surface area contributed by atoms with Crippen LogP contribution in [-0.2, 0) is 0 Å². The Hall–Kier alpha value is -1.47. The van der Waals surface area contributed by atoms with Gasteiger partial charge in [-0.3, -0.25) is 14.9 Å². The van der Waals surface area contributed by atoms with Gasteiger partial charge in [-0.15, -0.1) is 0 Å². The number of carbonyl (C=O) groups is 1. The summed E-state index contributed by atoms with van der Waals surface area (Å²) in [5, 5.41) is 16.8. The van der Waals surface area contributed by atoms with Crippen molar-refractivity contribution in [2.45, 2.75) is 12.8 Å². The van der Waals surface area contributed by atoms with Gasteiger partial charge in [0.25, 0.3) is 11.6 Å². The molecular weight excluding hydrogens is 326 g/mol. The zero-order valence-corrected chi connectivity index (χ0v) is 12.5. The molecular formula is C13H16BrN3O3. The molecule has 1 aliphatic heterocycles. The summed E-state index contributed by atoms with van der Waals surface area (Å²) in [4.78, 5) is 22.1. The summed E-state index contributed by atoms with van der Waals surface area (Å²) in [6.45, 7) is 2.68. The normalized spacial score (nSPS) is 17.9. The van der Waals surface area contributed by atoms with Gasteiger partial charge in [-0.25, -0.2) is 0 Å². The third-order valence-electron chi connectivity index (χ3n) is 3.41. The van der Waals surface area contributed by atoms with E-state index in [2.05, 4.69) is 26.6 Å². The number of nitro benzene ring substituents is 1. The molecule has 1 saturated heterocycles. The van der Waals surface area contributed by atoms with Crippen LogP contribution < -0.4 is 10.6 Å². The number of nitrogens with zero attached hydrogens (tertiary/aromatic N) is 1. The largest absolute Gasteiger partial charge is 0.352 e. The van der Waals surface area contributed by atoms with E-state index in [1.54, 1.807) is 0 Å². The molecule has 0 bridgehead atoms. The molecule has 7 heteroatoms. The third-order valence-corrected chi connectivity index (χ3v) is 4.06. The summed E-state index contributed by atoms with van der Waals surface area (Å²) in [5.41, 5.74) is 0.380.